The van der Waals surface area contributed by atoms with Crippen LogP contribution in [-0.4, -0.2) is 29.3 Å². The molecule has 2 aliphatic heterocycles. The first-order valence-electron chi connectivity index (χ1n) is 8.59. The van der Waals surface area contributed by atoms with E-state index in [4.69, 9.17) is 9.47 Å². The lowest BCUT2D eigenvalue weighted by atomic mass is 9.92. The van der Waals surface area contributed by atoms with Gasteiger partial charge in [-0.15, -0.1) is 0 Å². The second kappa shape index (κ2) is 6.27. The number of phenols is 1. The van der Waals surface area contributed by atoms with Crippen LogP contribution in [0.1, 0.15) is 43.2 Å². The highest BCUT2D eigenvalue weighted by Crippen LogP contribution is 2.46. The smallest absolute Gasteiger partial charge is 0.240 e. The van der Waals surface area contributed by atoms with Crippen LogP contribution in [0.5, 0.6) is 17.2 Å². The van der Waals surface area contributed by atoms with Gasteiger partial charge < -0.3 is 14.6 Å². The number of anilines is 1. The van der Waals surface area contributed by atoms with E-state index in [2.05, 4.69) is 11.9 Å². The second-order valence-corrected chi connectivity index (χ2v) is 6.31. The number of carbonyl (C=O) groups is 1. The first-order chi connectivity index (χ1) is 12.2. The number of aromatic hydroxyl groups is 1. The molecule has 1 aromatic heterocycles. The van der Waals surface area contributed by atoms with E-state index in [1.165, 1.54) is 6.07 Å². The number of unbranched alkanes of at least 4 members (excludes halogenated alkanes) is 2. The molecule has 1 aromatic carbocycles. The summed E-state index contributed by atoms with van der Waals surface area (Å²) in [6.45, 7) is 2.89. The highest BCUT2D eigenvalue weighted by Gasteiger charge is 2.40. The number of hydrogen-bond acceptors (Lipinski definition) is 5. The van der Waals surface area contributed by atoms with Gasteiger partial charge in [-0.3, -0.25) is 9.69 Å². The zero-order chi connectivity index (χ0) is 17.4. The number of aromatic nitrogens is 1. The molecule has 0 saturated carbocycles. The van der Waals surface area contributed by atoms with Gasteiger partial charge in [0, 0.05) is 29.9 Å². The molecule has 0 fully saturated rings. The maximum atomic E-state index is 13.1. The van der Waals surface area contributed by atoms with E-state index < -0.39 is 5.92 Å². The van der Waals surface area contributed by atoms with Crippen molar-refractivity contribution in [2.75, 3.05) is 18.2 Å². The molecule has 1 unspecified atom stereocenters. The standard InChI is InChI=1S/C19H20N2O4/c1-2-3-4-8-21-18-12(6-5-7-20-18)17(19(21)23)13-9-15-16(10-14(13)22)25-11-24-15/h5-7,9-10,17,22H,2-4,8,11H2,1H3. The van der Waals surface area contributed by atoms with E-state index in [0.29, 0.717) is 29.4 Å². The number of carbonyl (C=O) groups excluding carboxylic acids is 1. The van der Waals surface area contributed by atoms with Crippen LogP contribution in [0.2, 0.25) is 0 Å². The van der Waals surface area contributed by atoms with E-state index in [9.17, 15) is 9.90 Å². The third-order valence-corrected chi connectivity index (χ3v) is 4.71. The van der Waals surface area contributed by atoms with Crippen LogP contribution in [0.25, 0.3) is 0 Å². The van der Waals surface area contributed by atoms with Crippen molar-refractivity contribution in [1.29, 1.82) is 0 Å². The number of ether oxygens (including phenoxy) is 2. The molecule has 1 atom stereocenters. The Kier molecular flexibility index (Phi) is 3.95. The van der Waals surface area contributed by atoms with Crippen LogP contribution < -0.4 is 14.4 Å². The normalized spacial score (nSPS) is 17.9. The largest absolute Gasteiger partial charge is 0.507 e. The first kappa shape index (κ1) is 15.7. The van der Waals surface area contributed by atoms with Gasteiger partial charge in [0.25, 0.3) is 0 Å². The first-order valence-corrected chi connectivity index (χ1v) is 8.59. The molecule has 130 valence electrons. The number of pyridine rings is 1. The van der Waals surface area contributed by atoms with Crippen molar-refractivity contribution >= 4 is 11.7 Å². The van der Waals surface area contributed by atoms with Gasteiger partial charge in [0.2, 0.25) is 12.7 Å². The SMILES string of the molecule is CCCCCN1C(=O)C(c2cc3c(cc2O)OCO3)c2cccnc21. The molecule has 6 nitrogen and oxygen atoms in total. The second-order valence-electron chi connectivity index (χ2n) is 6.31. The molecule has 25 heavy (non-hydrogen) atoms. The molecule has 1 amide bonds. The minimum atomic E-state index is -0.570. The molecule has 4 rings (SSSR count). The molecule has 3 heterocycles. The maximum Gasteiger partial charge on any atom is 0.240 e. The summed E-state index contributed by atoms with van der Waals surface area (Å²) in [7, 11) is 0. The van der Waals surface area contributed by atoms with Gasteiger partial charge in [0.15, 0.2) is 11.5 Å². The van der Waals surface area contributed by atoms with E-state index in [1.54, 1.807) is 17.2 Å². The van der Waals surface area contributed by atoms with Gasteiger partial charge in [-0.2, -0.15) is 0 Å². The fourth-order valence-corrected chi connectivity index (χ4v) is 3.47. The molecular formula is C19H20N2O4. The maximum absolute atomic E-state index is 13.1. The Morgan fingerprint density at radius 1 is 1.24 bits per heavy atom. The Balaban J connectivity index is 1.74. The summed E-state index contributed by atoms with van der Waals surface area (Å²) in [5.41, 5.74) is 1.35. The summed E-state index contributed by atoms with van der Waals surface area (Å²) in [5.74, 6) is 1.14. The van der Waals surface area contributed by atoms with Gasteiger partial charge in [-0.1, -0.05) is 25.8 Å². The fraction of sp³-hybridized carbons (Fsp3) is 0.368. The molecular weight excluding hydrogens is 320 g/mol. The van der Waals surface area contributed by atoms with Crippen molar-refractivity contribution in [3.63, 3.8) is 0 Å². The molecule has 2 aromatic rings. The summed E-state index contributed by atoms with van der Waals surface area (Å²) in [4.78, 5) is 19.3. The molecule has 0 spiro atoms. The summed E-state index contributed by atoms with van der Waals surface area (Å²) < 4.78 is 10.7. The number of nitrogens with zero attached hydrogens (tertiary/aromatic N) is 2. The number of amides is 1. The lowest BCUT2D eigenvalue weighted by Crippen LogP contribution is -2.30. The Labute approximate surface area is 146 Å². The highest BCUT2D eigenvalue weighted by atomic mass is 16.7. The van der Waals surface area contributed by atoms with E-state index >= 15 is 0 Å². The van der Waals surface area contributed by atoms with E-state index in [-0.39, 0.29) is 18.4 Å². The van der Waals surface area contributed by atoms with Crippen LogP contribution in [0.15, 0.2) is 30.5 Å². The minimum Gasteiger partial charge on any atom is -0.507 e. The van der Waals surface area contributed by atoms with Crippen LogP contribution in [0.3, 0.4) is 0 Å². The molecule has 6 heteroatoms. The zero-order valence-corrected chi connectivity index (χ0v) is 14.1. The van der Waals surface area contributed by atoms with Gasteiger partial charge in [0.1, 0.15) is 11.6 Å². The Hall–Kier alpha value is -2.76. The third kappa shape index (κ3) is 2.58. The fourth-order valence-electron chi connectivity index (χ4n) is 3.47. The zero-order valence-electron chi connectivity index (χ0n) is 14.1. The topological polar surface area (TPSA) is 71.9 Å². The average Bonchev–Trinajstić information content (AvgIpc) is 3.17. The lowest BCUT2D eigenvalue weighted by Gasteiger charge is -2.17. The number of benzene rings is 1. The van der Waals surface area contributed by atoms with Crippen LogP contribution in [0.4, 0.5) is 5.82 Å². The Morgan fingerprint density at radius 3 is 2.84 bits per heavy atom. The number of rotatable bonds is 5. The van der Waals surface area contributed by atoms with Gasteiger partial charge in [-0.25, -0.2) is 4.98 Å². The molecule has 2 aliphatic rings. The van der Waals surface area contributed by atoms with E-state index in [0.717, 1.165) is 24.8 Å². The summed E-state index contributed by atoms with van der Waals surface area (Å²) in [5, 5.41) is 10.5. The Morgan fingerprint density at radius 2 is 2.04 bits per heavy atom. The van der Waals surface area contributed by atoms with Crippen molar-refractivity contribution in [3.8, 4) is 17.2 Å². The van der Waals surface area contributed by atoms with Crippen molar-refractivity contribution in [2.24, 2.45) is 0 Å². The van der Waals surface area contributed by atoms with Crippen LogP contribution in [-0.2, 0) is 4.79 Å². The van der Waals surface area contributed by atoms with Crippen molar-refractivity contribution < 1.29 is 19.4 Å². The lowest BCUT2D eigenvalue weighted by molar-refractivity contribution is -0.118. The van der Waals surface area contributed by atoms with Crippen molar-refractivity contribution in [2.45, 2.75) is 32.1 Å². The highest BCUT2D eigenvalue weighted by molar-refractivity contribution is 6.06. The minimum absolute atomic E-state index is 0.0350. The number of phenolic OH excluding ortho intramolecular Hbond substituents is 1. The monoisotopic (exact) mass is 340 g/mol. The molecule has 0 radical (unpaired) electrons. The van der Waals surface area contributed by atoms with Crippen LogP contribution in [0, 0.1) is 0 Å². The molecule has 0 saturated heterocycles. The quantitative estimate of drug-likeness (QED) is 0.847. The van der Waals surface area contributed by atoms with E-state index in [1.807, 2.05) is 12.1 Å². The summed E-state index contributed by atoms with van der Waals surface area (Å²) >= 11 is 0. The Bertz CT molecular complexity index is 821. The third-order valence-electron chi connectivity index (χ3n) is 4.71. The summed E-state index contributed by atoms with van der Waals surface area (Å²) in [6.07, 6.45) is 4.77. The van der Waals surface area contributed by atoms with Crippen molar-refractivity contribution in [3.05, 3.63) is 41.6 Å². The molecule has 0 aliphatic carbocycles. The van der Waals surface area contributed by atoms with Gasteiger partial charge in [0.05, 0.1) is 5.92 Å². The number of hydrogen-bond donors (Lipinski definition) is 1. The van der Waals surface area contributed by atoms with Gasteiger partial charge in [-0.05, 0) is 18.6 Å². The summed E-state index contributed by atoms with van der Waals surface area (Å²) in [6, 6.07) is 6.93. The van der Waals surface area contributed by atoms with Crippen molar-refractivity contribution in [1.82, 2.24) is 4.98 Å². The predicted molar refractivity (Wildman–Crippen MR) is 92.2 cm³/mol. The average molecular weight is 340 g/mol. The number of fused-ring (bicyclic) bond motifs is 2. The molecule has 1 N–H and O–H groups in total. The van der Waals surface area contributed by atoms with Gasteiger partial charge >= 0.3 is 0 Å². The predicted octanol–water partition coefficient (Wildman–Crippen LogP) is 3.18. The van der Waals surface area contributed by atoms with Crippen LogP contribution >= 0.6 is 0 Å². The molecule has 0 bridgehead atoms.